The molecule has 1 atom stereocenters. The zero-order valence-electron chi connectivity index (χ0n) is 12.1. The molecule has 0 saturated carbocycles. The molecule has 0 aliphatic carbocycles. The predicted molar refractivity (Wildman–Crippen MR) is 73.3 cm³/mol. The number of nitrogens with zero attached hydrogens (tertiary/aromatic N) is 2. The Bertz CT molecular complexity index is 373. The summed E-state index contributed by atoms with van der Waals surface area (Å²) in [5.41, 5.74) is 0. The molecule has 1 unspecified atom stereocenters. The molecule has 0 aromatic carbocycles. The van der Waals surface area contributed by atoms with Gasteiger partial charge in [-0.15, -0.1) is 0 Å². The summed E-state index contributed by atoms with van der Waals surface area (Å²) >= 11 is 0. The van der Waals surface area contributed by atoms with E-state index in [4.69, 9.17) is 5.11 Å². The van der Waals surface area contributed by atoms with E-state index in [0.717, 1.165) is 12.8 Å². The molecule has 1 fully saturated rings. The fraction of sp³-hybridized carbons (Fsp3) is 0.769. The number of urea groups is 1. The second-order valence-corrected chi connectivity index (χ2v) is 5.01. The first kappa shape index (κ1) is 16.3. The Morgan fingerprint density at radius 1 is 1.35 bits per heavy atom. The number of carboxylic acid groups (broad SMARTS) is 1. The number of piperidine rings is 1. The van der Waals surface area contributed by atoms with Crippen molar-refractivity contribution in [1.29, 1.82) is 0 Å². The van der Waals surface area contributed by atoms with E-state index in [2.05, 4.69) is 5.32 Å². The molecule has 20 heavy (non-hydrogen) atoms. The zero-order chi connectivity index (χ0) is 15.1. The zero-order valence-corrected chi connectivity index (χ0v) is 12.1. The number of amides is 3. The van der Waals surface area contributed by atoms with Gasteiger partial charge < -0.3 is 20.2 Å². The largest absolute Gasteiger partial charge is 0.481 e. The summed E-state index contributed by atoms with van der Waals surface area (Å²) in [5.74, 6) is -1.07. The first-order valence-electron chi connectivity index (χ1n) is 6.96. The van der Waals surface area contributed by atoms with Crippen LogP contribution in [0.25, 0.3) is 0 Å². The maximum atomic E-state index is 12.1. The van der Waals surface area contributed by atoms with E-state index in [9.17, 15) is 14.4 Å². The number of rotatable bonds is 5. The van der Waals surface area contributed by atoms with Gasteiger partial charge >= 0.3 is 12.0 Å². The van der Waals surface area contributed by atoms with E-state index >= 15 is 0 Å². The smallest absolute Gasteiger partial charge is 0.318 e. The van der Waals surface area contributed by atoms with Crippen LogP contribution in [0.5, 0.6) is 0 Å². The van der Waals surface area contributed by atoms with Gasteiger partial charge in [0.05, 0.1) is 13.0 Å². The van der Waals surface area contributed by atoms with Gasteiger partial charge in [-0.05, 0) is 26.2 Å². The van der Waals surface area contributed by atoms with Gasteiger partial charge in [0, 0.05) is 26.2 Å². The van der Waals surface area contributed by atoms with Gasteiger partial charge in [-0.1, -0.05) is 0 Å². The van der Waals surface area contributed by atoms with E-state index in [-0.39, 0.29) is 30.9 Å². The van der Waals surface area contributed by atoms with Gasteiger partial charge in [-0.3, -0.25) is 9.59 Å². The van der Waals surface area contributed by atoms with Gasteiger partial charge in [0.15, 0.2) is 0 Å². The average Bonchev–Trinajstić information content (AvgIpc) is 2.43. The summed E-state index contributed by atoms with van der Waals surface area (Å²) in [4.78, 5) is 37.5. The minimum atomic E-state index is -0.906. The van der Waals surface area contributed by atoms with Crippen LogP contribution < -0.4 is 5.32 Å². The number of carbonyl (C=O) groups excluding carboxylic acids is 2. The molecule has 0 radical (unpaired) electrons. The molecule has 2 N–H and O–H groups in total. The number of hydrogen-bond donors (Lipinski definition) is 2. The lowest BCUT2D eigenvalue weighted by Gasteiger charge is -2.35. The van der Waals surface area contributed by atoms with Crippen molar-refractivity contribution in [1.82, 2.24) is 15.1 Å². The van der Waals surface area contributed by atoms with Crippen LogP contribution in [0, 0.1) is 0 Å². The Kier molecular flexibility index (Phi) is 6.27. The third kappa shape index (κ3) is 4.71. The standard InChI is InChI=1S/C13H23N3O4/c1-3-15(2)11(17)9-14-13(20)16-7-5-4-6-10(16)8-12(18)19/h10H,3-9H2,1-2H3,(H,14,20)(H,18,19). The van der Waals surface area contributed by atoms with Gasteiger partial charge in [-0.25, -0.2) is 4.79 Å². The number of hydrogen-bond acceptors (Lipinski definition) is 3. The van der Waals surface area contributed by atoms with Crippen LogP contribution in [0.2, 0.25) is 0 Å². The van der Waals surface area contributed by atoms with Crippen molar-refractivity contribution in [3.63, 3.8) is 0 Å². The highest BCUT2D eigenvalue weighted by molar-refractivity contribution is 5.84. The molecule has 7 nitrogen and oxygen atoms in total. The number of carboxylic acids is 1. The summed E-state index contributed by atoms with van der Waals surface area (Å²) in [6.07, 6.45) is 2.45. The Morgan fingerprint density at radius 2 is 2.05 bits per heavy atom. The third-order valence-electron chi connectivity index (χ3n) is 3.59. The molecule has 1 heterocycles. The second-order valence-electron chi connectivity index (χ2n) is 5.01. The van der Waals surface area contributed by atoms with E-state index in [0.29, 0.717) is 19.5 Å². The molecule has 1 aliphatic rings. The summed E-state index contributed by atoms with van der Waals surface area (Å²) in [6.45, 7) is 2.92. The van der Waals surface area contributed by atoms with Gasteiger partial charge in [0.1, 0.15) is 0 Å². The number of nitrogens with one attached hydrogen (secondary N) is 1. The molecular weight excluding hydrogens is 262 g/mol. The van der Waals surface area contributed by atoms with Crippen LogP contribution >= 0.6 is 0 Å². The molecule has 1 rings (SSSR count). The number of likely N-dealkylation sites (N-methyl/N-ethyl adjacent to an activating group) is 1. The minimum Gasteiger partial charge on any atom is -0.481 e. The van der Waals surface area contributed by atoms with Crippen LogP contribution in [0.3, 0.4) is 0 Å². The molecule has 0 bridgehead atoms. The van der Waals surface area contributed by atoms with Gasteiger partial charge in [0.25, 0.3) is 0 Å². The van der Waals surface area contributed by atoms with Crippen LogP contribution in [0.1, 0.15) is 32.6 Å². The highest BCUT2D eigenvalue weighted by Gasteiger charge is 2.28. The molecule has 0 aromatic rings. The van der Waals surface area contributed by atoms with Crippen molar-refractivity contribution in [2.24, 2.45) is 0 Å². The Balaban J connectivity index is 2.51. The first-order chi connectivity index (χ1) is 9.45. The fourth-order valence-electron chi connectivity index (χ4n) is 2.25. The summed E-state index contributed by atoms with van der Waals surface area (Å²) in [7, 11) is 1.67. The molecule has 0 spiro atoms. The average molecular weight is 285 g/mol. The van der Waals surface area contributed by atoms with Crippen LogP contribution in [-0.4, -0.2) is 65.5 Å². The maximum absolute atomic E-state index is 12.1. The van der Waals surface area contributed by atoms with Gasteiger partial charge in [-0.2, -0.15) is 0 Å². The van der Waals surface area contributed by atoms with Crippen molar-refractivity contribution in [3.8, 4) is 0 Å². The predicted octanol–water partition coefficient (Wildman–Crippen LogP) is 0.504. The van der Waals surface area contributed by atoms with Crippen LogP contribution in [-0.2, 0) is 9.59 Å². The summed E-state index contributed by atoms with van der Waals surface area (Å²) < 4.78 is 0. The molecule has 1 aliphatic heterocycles. The first-order valence-corrected chi connectivity index (χ1v) is 6.96. The lowest BCUT2D eigenvalue weighted by molar-refractivity contribution is -0.138. The monoisotopic (exact) mass is 285 g/mol. The second kappa shape index (κ2) is 7.72. The van der Waals surface area contributed by atoms with Crippen molar-refractivity contribution < 1.29 is 19.5 Å². The fourth-order valence-corrected chi connectivity index (χ4v) is 2.25. The number of likely N-dealkylation sites (tertiary alicyclic amines) is 1. The van der Waals surface area contributed by atoms with E-state index in [1.54, 1.807) is 7.05 Å². The number of aliphatic carboxylic acids is 1. The minimum absolute atomic E-state index is 0.0454. The molecule has 7 heteroatoms. The lowest BCUT2D eigenvalue weighted by atomic mass is 10.00. The van der Waals surface area contributed by atoms with Crippen molar-refractivity contribution in [2.75, 3.05) is 26.7 Å². The molecule has 1 saturated heterocycles. The van der Waals surface area contributed by atoms with E-state index in [1.165, 1.54) is 9.80 Å². The maximum Gasteiger partial charge on any atom is 0.318 e. The topological polar surface area (TPSA) is 90.0 Å². The quantitative estimate of drug-likeness (QED) is 0.770. The molecule has 3 amide bonds. The highest BCUT2D eigenvalue weighted by atomic mass is 16.4. The molecule has 114 valence electrons. The SMILES string of the molecule is CCN(C)C(=O)CNC(=O)N1CCCCC1CC(=O)O. The third-order valence-corrected chi connectivity index (χ3v) is 3.59. The van der Waals surface area contributed by atoms with Crippen LogP contribution in [0.4, 0.5) is 4.79 Å². The summed E-state index contributed by atoms with van der Waals surface area (Å²) in [5, 5.41) is 11.4. The van der Waals surface area contributed by atoms with Crippen molar-refractivity contribution >= 4 is 17.9 Å². The van der Waals surface area contributed by atoms with Crippen molar-refractivity contribution in [3.05, 3.63) is 0 Å². The summed E-state index contributed by atoms with van der Waals surface area (Å²) in [6, 6.07) is -0.631. The Labute approximate surface area is 118 Å². The number of carbonyl (C=O) groups is 3. The molecular formula is C13H23N3O4. The lowest BCUT2D eigenvalue weighted by Crippen LogP contribution is -2.51. The molecule has 0 aromatic heterocycles. The normalized spacial score (nSPS) is 18.5. The van der Waals surface area contributed by atoms with E-state index < -0.39 is 5.97 Å². The van der Waals surface area contributed by atoms with Gasteiger partial charge in [0.2, 0.25) is 5.91 Å². The van der Waals surface area contributed by atoms with Crippen molar-refractivity contribution in [2.45, 2.75) is 38.6 Å². The highest BCUT2D eigenvalue weighted by Crippen LogP contribution is 2.19. The van der Waals surface area contributed by atoms with Crippen LogP contribution in [0.15, 0.2) is 0 Å². The Hall–Kier alpha value is -1.79. The van der Waals surface area contributed by atoms with E-state index in [1.807, 2.05) is 6.92 Å². The Morgan fingerprint density at radius 3 is 2.65 bits per heavy atom.